The summed E-state index contributed by atoms with van der Waals surface area (Å²) in [7, 11) is 0. The average molecular weight is 279 g/mol. The zero-order valence-corrected chi connectivity index (χ0v) is 11.6. The lowest BCUT2D eigenvalue weighted by Crippen LogP contribution is -2.35. The molecule has 1 amide bonds. The molecule has 0 radical (unpaired) electrons. The number of carboxylic acids is 1. The molecule has 0 aliphatic carbocycles. The van der Waals surface area contributed by atoms with Crippen molar-refractivity contribution < 1.29 is 14.7 Å². The second-order valence-corrected chi connectivity index (χ2v) is 5.23. The molecule has 110 valence electrons. The van der Waals surface area contributed by atoms with Crippen LogP contribution in [0.3, 0.4) is 0 Å². The van der Waals surface area contributed by atoms with Gasteiger partial charge in [0.05, 0.1) is 5.92 Å². The van der Waals surface area contributed by atoms with Crippen LogP contribution >= 0.6 is 0 Å². The lowest BCUT2D eigenvalue weighted by molar-refractivity contribution is -0.140. The Morgan fingerprint density at radius 2 is 2.20 bits per heavy atom. The van der Waals surface area contributed by atoms with E-state index in [1.807, 2.05) is 16.8 Å². The molecule has 2 heterocycles. The summed E-state index contributed by atoms with van der Waals surface area (Å²) in [6, 6.07) is 3.98. The Balaban J connectivity index is 1.99. The number of amides is 1. The lowest BCUT2D eigenvalue weighted by atomic mass is 10.1. The molecule has 0 saturated carbocycles. The Kier molecular flexibility index (Phi) is 4.79. The standard InChI is InChI=1S/C14H21N3O3/c1-10(14(19)20)9-16-13(18)12-3-2-8-17(12)11-4-6-15-7-5-11/h2-3,8,10-11,15H,4-7,9H2,1H3,(H,16,18)(H,19,20). The van der Waals surface area contributed by atoms with Crippen molar-refractivity contribution in [3.8, 4) is 0 Å². The van der Waals surface area contributed by atoms with E-state index in [9.17, 15) is 9.59 Å². The number of piperidine rings is 1. The van der Waals surface area contributed by atoms with Crippen molar-refractivity contribution in [3.63, 3.8) is 0 Å². The van der Waals surface area contributed by atoms with E-state index in [4.69, 9.17) is 5.11 Å². The van der Waals surface area contributed by atoms with Gasteiger partial charge in [0.15, 0.2) is 0 Å². The highest BCUT2D eigenvalue weighted by molar-refractivity contribution is 5.93. The molecular formula is C14H21N3O3. The number of carbonyl (C=O) groups is 2. The Morgan fingerprint density at radius 3 is 2.85 bits per heavy atom. The Hall–Kier alpha value is -1.82. The second-order valence-electron chi connectivity index (χ2n) is 5.23. The first-order valence-electron chi connectivity index (χ1n) is 6.98. The lowest BCUT2D eigenvalue weighted by Gasteiger charge is -2.26. The zero-order chi connectivity index (χ0) is 14.5. The molecule has 2 rings (SSSR count). The molecule has 0 spiro atoms. The highest BCUT2D eigenvalue weighted by atomic mass is 16.4. The summed E-state index contributed by atoms with van der Waals surface area (Å²) in [6.07, 6.45) is 3.92. The molecule has 1 aromatic heterocycles. The third kappa shape index (κ3) is 3.39. The monoisotopic (exact) mass is 279 g/mol. The number of nitrogens with one attached hydrogen (secondary N) is 2. The fraction of sp³-hybridized carbons (Fsp3) is 0.571. The van der Waals surface area contributed by atoms with Gasteiger partial charge in [-0.2, -0.15) is 0 Å². The summed E-state index contributed by atoms with van der Waals surface area (Å²) in [4.78, 5) is 22.9. The van der Waals surface area contributed by atoms with Gasteiger partial charge in [0, 0.05) is 18.8 Å². The van der Waals surface area contributed by atoms with Crippen LogP contribution < -0.4 is 10.6 Å². The minimum atomic E-state index is -0.904. The molecule has 6 heteroatoms. The molecule has 1 aliphatic heterocycles. The summed E-state index contributed by atoms with van der Waals surface area (Å²) >= 11 is 0. The quantitative estimate of drug-likeness (QED) is 0.746. The molecule has 0 bridgehead atoms. The molecule has 6 nitrogen and oxygen atoms in total. The molecule has 20 heavy (non-hydrogen) atoms. The number of rotatable bonds is 5. The summed E-state index contributed by atoms with van der Waals surface area (Å²) in [5.74, 6) is -1.69. The predicted octanol–water partition coefficient (Wildman–Crippen LogP) is 0.863. The van der Waals surface area contributed by atoms with E-state index in [0.29, 0.717) is 11.7 Å². The van der Waals surface area contributed by atoms with Crippen LogP contribution in [0.2, 0.25) is 0 Å². The van der Waals surface area contributed by atoms with Crippen molar-refractivity contribution in [2.75, 3.05) is 19.6 Å². The van der Waals surface area contributed by atoms with Crippen LogP contribution in [0.4, 0.5) is 0 Å². The van der Waals surface area contributed by atoms with Crippen LogP contribution in [0.5, 0.6) is 0 Å². The maximum Gasteiger partial charge on any atom is 0.308 e. The summed E-state index contributed by atoms with van der Waals surface area (Å²) in [5, 5.41) is 14.8. The van der Waals surface area contributed by atoms with Gasteiger partial charge in [-0.25, -0.2) is 0 Å². The predicted molar refractivity (Wildman–Crippen MR) is 74.7 cm³/mol. The summed E-state index contributed by atoms with van der Waals surface area (Å²) in [5.41, 5.74) is 0.606. The molecule has 1 aliphatic rings. The van der Waals surface area contributed by atoms with E-state index in [-0.39, 0.29) is 12.5 Å². The van der Waals surface area contributed by atoms with Crippen LogP contribution in [0.15, 0.2) is 18.3 Å². The Bertz CT molecular complexity index is 478. The van der Waals surface area contributed by atoms with Crippen molar-refractivity contribution in [2.45, 2.75) is 25.8 Å². The number of aromatic nitrogens is 1. The number of hydrogen-bond donors (Lipinski definition) is 3. The van der Waals surface area contributed by atoms with E-state index >= 15 is 0 Å². The fourth-order valence-corrected chi connectivity index (χ4v) is 2.41. The van der Waals surface area contributed by atoms with Crippen LogP contribution in [-0.2, 0) is 4.79 Å². The van der Waals surface area contributed by atoms with Gasteiger partial charge in [-0.3, -0.25) is 9.59 Å². The zero-order valence-electron chi connectivity index (χ0n) is 11.6. The molecule has 1 atom stereocenters. The molecule has 1 fully saturated rings. The Morgan fingerprint density at radius 1 is 1.50 bits per heavy atom. The molecule has 1 unspecified atom stereocenters. The van der Waals surface area contributed by atoms with Gasteiger partial charge in [-0.1, -0.05) is 6.92 Å². The van der Waals surface area contributed by atoms with Crippen LogP contribution in [0.1, 0.15) is 36.3 Å². The second kappa shape index (κ2) is 6.56. The number of aliphatic carboxylic acids is 1. The SMILES string of the molecule is CC(CNC(=O)c1cccn1C1CCNCC1)C(=O)O. The van der Waals surface area contributed by atoms with Crippen LogP contribution in [0.25, 0.3) is 0 Å². The molecule has 3 N–H and O–H groups in total. The van der Waals surface area contributed by atoms with Gasteiger partial charge in [0.1, 0.15) is 5.69 Å². The van der Waals surface area contributed by atoms with Crippen LogP contribution in [-0.4, -0.2) is 41.2 Å². The first-order chi connectivity index (χ1) is 9.59. The van der Waals surface area contributed by atoms with Crippen molar-refractivity contribution in [3.05, 3.63) is 24.0 Å². The average Bonchev–Trinajstić information content (AvgIpc) is 2.94. The summed E-state index contributed by atoms with van der Waals surface area (Å²) < 4.78 is 2.00. The molecule has 1 aromatic rings. The first-order valence-corrected chi connectivity index (χ1v) is 6.98. The maximum absolute atomic E-state index is 12.2. The summed E-state index contributed by atoms with van der Waals surface area (Å²) in [6.45, 7) is 3.64. The third-order valence-electron chi connectivity index (χ3n) is 3.70. The van der Waals surface area contributed by atoms with Gasteiger partial charge < -0.3 is 20.3 Å². The van der Waals surface area contributed by atoms with Crippen molar-refractivity contribution in [1.82, 2.24) is 15.2 Å². The minimum absolute atomic E-state index is 0.144. The van der Waals surface area contributed by atoms with Crippen LogP contribution in [0, 0.1) is 5.92 Å². The third-order valence-corrected chi connectivity index (χ3v) is 3.70. The van der Waals surface area contributed by atoms with Gasteiger partial charge in [-0.15, -0.1) is 0 Å². The van der Waals surface area contributed by atoms with Gasteiger partial charge in [-0.05, 0) is 38.1 Å². The number of nitrogens with zero attached hydrogens (tertiary/aromatic N) is 1. The fourth-order valence-electron chi connectivity index (χ4n) is 2.41. The molecule has 1 saturated heterocycles. The van der Waals surface area contributed by atoms with Crippen molar-refractivity contribution in [1.29, 1.82) is 0 Å². The normalized spacial score (nSPS) is 17.6. The highest BCUT2D eigenvalue weighted by Crippen LogP contribution is 2.21. The molecular weight excluding hydrogens is 258 g/mol. The maximum atomic E-state index is 12.2. The Labute approximate surface area is 118 Å². The number of carboxylic acid groups (broad SMARTS) is 1. The minimum Gasteiger partial charge on any atom is -0.481 e. The largest absolute Gasteiger partial charge is 0.481 e. The van der Waals surface area contributed by atoms with E-state index in [1.54, 1.807) is 13.0 Å². The van der Waals surface area contributed by atoms with E-state index in [2.05, 4.69) is 10.6 Å². The van der Waals surface area contributed by atoms with Gasteiger partial charge in [0.2, 0.25) is 0 Å². The van der Waals surface area contributed by atoms with Crippen molar-refractivity contribution in [2.24, 2.45) is 5.92 Å². The van der Waals surface area contributed by atoms with E-state index in [0.717, 1.165) is 25.9 Å². The first kappa shape index (κ1) is 14.6. The molecule has 0 aromatic carbocycles. The van der Waals surface area contributed by atoms with Gasteiger partial charge >= 0.3 is 5.97 Å². The van der Waals surface area contributed by atoms with E-state index in [1.165, 1.54) is 0 Å². The van der Waals surface area contributed by atoms with Crippen molar-refractivity contribution >= 4 is 11.9 Å². The van der Waals surface area contributed by atoms with E-state index < -0.39 is 11.9 Å². The number of carbonyl (C=O) groups excluding carboxylic acids is 1. The van der Waals surface area contributed by atoms with Gasteiger partial charge in [0.25, 0.3) is 5.91 Å². The highest BCUT2D eigenvalue weighted by Gasteiger charge is 2.20. The number of hydrogen-bond acceptors (Lipinski definition) is 3. The smallest absolute Gasteiger partial charge is 0.308 e. The topological polar surface area (TPSA) is 83.4 Å².